The van der Waals surface area contributed by atoms with Crippen LogP contribution in [0.2, 0.25) is 0 Å². The molecule has 0 aliphatic rings. The average molecular weight is 494 g/mol. The van der Waals surface area contributed by atoms with E-state index in [1.807, 2.05) is 37.3 Å². The van der Waals surface area contributed by atoms with E-state index in [1.54, 1.807) is 18.3 Å². The first-order valence-electron chi connectivity index (χ1n) is 11.2. The number of amides is 2. The van der Waals surface area contributed by atoms with Gasteiger partial charge in [0.25, 0.3) is 0 Å². The third-order valence-electron chi connectivity index (χ3n) is 5.77. The van der Waals surface area contributed by atoms with Crippen LogP contribution in [0.4, 0.5) is 28.0 Å². The van der Waals surface area contributed by atoms with Crippen molar-refractivity contribution in [1.29, 1.82) is 0 Å². The topological polar surface area (TPSA) is 54.0 Å². The van der Waals surface area contributed by atoms with E-state index in [1.165, 1.54) is 36.4 Å². The Morgan fingerprint density at radius 3 is 2.19 bits per heavy atom. The summed E-state index contributed by atoms with van der Waals surface area (Å²) < 4.78 is 54.3. The molecule has 0 saturated carbocycles. The standard InChI is InChI=1S/C28H23F4N3O/c1-19-10-15-25(33-18-19)27(17-20-6-3-2-4-7-20,21-8-5-9-22(16-21)28(30,31)32)35-26(36)34-24-13-11-23(29)12-14-24/h2-16,18H,17H2,1H3,(H2,34,35,36). The molecule has 2 amide bonds. The molecule has 4 aromatic rings. The quantitative estimate of drug-likeness (QED) is 0.289. The van der Waals surface area contributed by atoms with Gasteiger partial charge in [-0.3, -0.25) is 4.98 Å². The number of carbonyl (C=O) groups is 1. The number of aromatic nitrogens is 1. The summed E-state index contributed by atoms with van der Waals surface area (Å²) in [6.45, 7) is 1.84. The summed E-state index contributed by atoms with van der Waals surface area (Å²) >= 11 is 0. The SMILES string of the molecule is Cc1ccc(C(Cc2ccccc2)(NC(=O)Nc2ccc(F)cc2)c2cccc(C(F)(F)F)c2)nc1. The molecule has 1 heterocycles. The van der Waals surface area contributed by atoms with Crippen molar-refractivity contribution < 1.29 is 22.4 Å². The van der Waals surface area contributed by atoms with E-state index in [2.05, 4.69) is 15.6 Å². The van der Waals surface area contributed by atoms with E-state index in [0.717, 1.165) is 23.3 Å². The molecular formula is C28H23F4N3O. The van der Waals surface area contributed by atoms with Crippen LogP contribution in [0.15, 0.2) is 97.2 Å². The second kappa shape index (κ2) is 10.2. The van der Waals surface area contributed by atoms with Crippen molar-refractivity contribution in [1.82, 2.24) is 10.3 Å². The fourth-order valence-electron chi connectivity index (χ4n) is 3.99. The molecule has 0 bridgehead atoms. The molecular weight excluding hydrogens is 470 g/mol. The van der Waals surface area contributed by atoms with Crippen molar-refractivity contribution in [2.24, 2.45) is 0 Å². The predicted molar refractivity (Wildman–Crippen MR) is 130 cm³/mol. The van der Waals surface area contributed by atoms with Gasteiger partial charge in [-0.05, 0) is 66.1 Å². The first-order valence-corrected chi connectivity index (χ1v) is 11.2. The molecule has 0 aliphatic carbocycles. The van der Waals surface area contributed by atoms with Crippen molar-refractivity contribution >= 4 is 11.7 Å². The Hall–Kier alpha value is -4.20. The van der Waals surface area contributed by atoms with Gasteiger partial charge in [0.05, 0.1) is 11.3 Å². The van der Waals surface area contributed by atoms with Gasteiger partial charge in [0.2, 0.25) is 0 Å². The molecule has 1 unspecified atom stereocenters. The van der Waals surface area contributed by atoms with Crippen molar-refractivity contribution in [2.75, 3.05) is 5.32 Å². The number of alkyl halides is 3. The molecule has 0 aliphatic heterocycles. The average Bonchev–Trinajstić information content (AvgIpc) is 2.85. The van der Waals surface area contributed by atoms with Crippen LogP contribution in [0.25, 0.3) is 0 Å². The summed E-state index contributed by atoms with van der Waals surface area (Å²) in [6, 6.07) is 21.9. The number of urea groups is 1. The molecule has 1 atom stereocenters. The van der Waals surface area contributed by atoms with E-state index >= 15 is 0 Å². The van der Waals surface area contributed by atoms with Crippen molar-refractivity contribution in [3.8, 4) is 0 Å². The lowest BCUT2D eigenvalue weighted by molar-refractivity contribution is -0.137. The zero-order chi connectivity index (χ0) is 25.8. The first-order chi connectivity index (χ1) is 17.2. The maximum Gasteiger partial charge on any atom is 0.416 e. The van der Waals surface area contributed by atoms with Crippen LogP contribution in [-0.4, -0.2) is 11.0 Å². The lowest BCUT2D eigenvalue weighted by atomic mass is 9.80. The van der Waals surface area contributed by atoms with Crippen LogP contribution in [0.5, 0.6) is 0 Å². The smallest absolute Gasteiger partial charge is 0.322 e. The Morgan fingerprint density at radius 1 is 0.861 bits per heavy atom. The fourth-order valence-corrected chi connectivity index (χ4v) is 3.99. The van der Waals surface area contributed by atoms with Gasteiger partial charge in [-0.1, -0.05) is 48.5 Å². The summed E-state index contributed by atoms with van der Waals surface area (Å²) in [7, 11) is 0. The van der Waals surface area contributed by atoms with Gasteiger partial charge in [0.1, 0.15) is 11.4 Å². The molecule has 4 rings (SSSR count). The van der Waals surface area contributed by atoms with Crippen molar-refractivity contribution in [3.63, 3.8) is 0 Å². The van der Waals surface area contributed by atoms with Crippen LogP contribution >= 0.6 is 0 Å². The minimum Gasteiger partial charge on any atom is -0.322 e. The van der Waals surface area contributed by atoms with Crippen LogP contribution < -0.4 is 10.6 Å². The molecule has 0 fully saturated rings. The van der Waals surface area contributed by atoms with Crippen molar-refractivity contribution in [2.45, 2.75) is 25.1 Å². The number of hydrogen-bond donors (Lipinski definition) is 2. The molecule has 0 saturated heterocycles. The highest BCUT2D eigenvalue weighted by Gasteiger charge is 2.40. The zero-order valence-corrected chi connectivity index (χ0v) is 19.3. The minimum absolute atomic E-state index is 0.127. The third kappa shape index (κ3) is 5.71. The molecule has 0 radical (unpaired) electrons. The number of nitrogens with zero attached hydrogens (tertiary/aromatic N) is 1. The Labute approximate surface area is 206 Å². The number of hydrogen-bond acceptors (Lipinski definition) is 2. The zero-order valence-electron chi connectivity index (χ0n) is 19.3. The number of nitrogens with one attached hydrogen (secondary N) is 2. The third-order valence-corrected chi connectivity index (χ3v) is 5.77. The Morgan fingerprint density at radius 2 is 1.56 bits per heavy atom. The van der Waals surface area contributed by atoms with Gasteiger partial charge in [-0.25, -0.2) is 9.18 Å². The number of benzene rings is 3. The van der Waals surface area contributed by atoms with Crippen molar-refractivity contribution in [3.05, 3.63) is 131 Å². The largest absolute Gasteiger partial charge is 0.416 e. The number of carbonyl (C=O) groups excluding carboxylic acids is 1. The number of anilines is 1. The van der Waals surface area contributed by atoms with Crippen LogP contribution in [0.3, 0.4) is 0 Å². The minimum atomic E-state index is -4.58. The van der Waals surface area contributed by atoms with Crippen LogP contribution in [0.1, 0.15) is 27.9 Å². The summed E-state index contributed by atoms with van der Waals surface area (Å²) in [5.41, 5.74) is 0.234. The Kier molecular flexibility index (Phi) is 7.05. The first kappa shape index (κ1) is 24.9. The lowest BCUT2D eigenvalue weighted by Gasteiger charge is -2.36. The summed E-state index contributed by atoms with van der Waals surface area (Å²) in [5, 5.41) is 5.54. The summed E-state index contributed by atoms with van der Waals surface area (Å²) in [5.74, 6) is -0.466. The second-order valence-electron chi connectivity index (χ2n) is 8.45. The molecule has 184 valence electrons. The number of aryl methyl sites for hydroxylation is 1. The highest BCUT2D eigenvalue weighted by molar-refractivity contribution is 5.90. The monoisotopic (exact) mass is 493 g/mol. The summed E-state index contributed by atoms with van der Waals surface area (Å²) in [4.78, 5) is 17.7. The predicted octanol–water partition coefficient (Wildman–Crippen LogP) is 6.86. The van der Waals surface area contributed by atoms with Gasteiger partial charge >= 0.3 is 12.2 Å². The van der Waals surface area contributed by atoms with E-state index in [9.17, 15) is 22.4 Å². The molecule has 4 nitrogen and oxygen atoms in total. The fraction of sp³-hybridized carbons (Fsp3) is 0.143. The van der Waals surface area contributed by atoms with E-state index in [-0.39, 0.29) is 12.0 Å². The lowest BCUT2D eigenvalue weighted by Crippen LogP contribution is -2.50. The van der Waals surface area contributed by atoms with Crippen LogP contribution in [0, 0.1) is 12.7 Å². The van der Waals surface area contributed by atoms with E-state index in [4.69, 9.17) is 0 Å². The number of rotatable bonds is 6. The maximum atomic E-state index is 13.7. The number of pyridine rings is 1. The Bertz CT molecular complexity index is 1320. The highest BCUT2D eigenvalue weighted by Crippen LogP contribution is 2.37. The molecule has 36 heavy (non-hydrogen) atoms. The second-order valence-corrected chi connectivity index (χ2v) is 8.45. The van der Waals surface area contributed by atoms with Gasteiger partial charge in [0.15, 0.2) is 0 Å². The molecule has 0 spiro atoms. The van der Waals surface area contributed by atoms with E-state index < -0.39 is 29.1 Å². The van der Waals surface area contributed by atoms with Crippen LogP contribution in [-0.2, 0) is 18.1 Å². The van der Waals surface area contributed by atoms with Gasteiger partial charge in [-0.2, -0.15) is 13.2 Å². The van der Waals surface area contributed by atoms with Gasteiger partial charge < -0.3 is 10.6 Å². The van der Waals surface area contributed by atoms with E-state index in [0.29, 0.717) is 11.4 Å². The van der Waals surface area contributed by atoms with Gasteiger partial charge in [-0.15, -0.1) is 0 Å². The Balaban J connectivity index is 1.86. The summed E-state index contributed by atoms with van der Waals surface area (Å²) in [6.07, 6.45) is -2.85. The molecule has 1 aromatic heterocycles. The maximum absolute atomic E-state index is 13.7. The molecule has 2 N–H and O–H groups in total. The molecule has 3 aromatic carbocycles. The molecule has 8 heteroatoms. The van der Waals surface area contributed by atoms with Gasteiger partial charge in [0, 0.05) is 18.3 Å². The number of halogens is 4. The normalized spacial score (nSPS) is 13.0. The highest BCUT2D eigenvalue weighted by atomic mass is 19.4.